The fourth-order valence-corrected chi connectivity index (χ4v) is 3.00. The van der Waals surface area contributed by atoms with Gasteiger partial charge in [-0.15, -0.1) is 12.4 Å². The number of likely N-dealkylation sites (tertiary alicyclic amines) is 1. The lowest BCUT2D eigenvalue weighted by Crippen LogP contribution is -2.43. The van der Waals surface area contributed by atoms with Crippen molar-refractivity contribution < 1.29 is 4.79 Å². The minimum Gasteiger partial charge on any atom is -0.380 e. The number of carbonyl (C=O) groups is 1. The molecule has 1 saturated heterocycles. The summed E-state index contributed by atoms with van der Waals surface area (Å²) in [7, 11) is 1.89. The Morgan fingerprint density at radius 1 is 1.35 bits per heavy atom. The topological polar surface area (TPSA) is 44.4 Å². The Morgan fingerprint density at radius 2 is 2.20 bits per heavy atom. The summed E-state index contributed by atoms with van der Waals surface area (Å²) in [6, 6.07) is 6.88. The van der Waals surface area contributed by atoms with Crippen LogP contribution >= 0.6 is 12.4 Å². The predicted octanol–water partition coefficient (Wildman–Crippen LogP) is 1.79. The highest BCUT2D eigenvalue weighted by atomic mass is 35.5. The Kier molecular flexibility index (Phi) is 4.89. The number of hydrogen-bond donors (Lipinski definition) is 2. The molecule has 2 heterocycles. The van der Waals surface area contributed by atoms with Crippen molar-refractivity contribution in [2.75, 3.05) is 25.5 Å². The summed E-state index contributed by atoms with van der Waals surface area (Å²) in [5, 5.41) is 7.06. The molecule has 20 heavy (non-hydrogen) atoms. The van der Waals surface area contributed by atoms with Crippen LogP contribution in [0.2, 0.25) is 0 Å². The highest BCUT2D eigenvalue weighted by Gasteiger charge is 2.23. The average molecular weight is 296 g/mol. The first-order chi connectivity index (χ1) is 9.24. The summed E-state index contributed by atoms with van der Waals surface area (Å²) < 4.78 is 0. The lowest BCUT2D eigenvalue weighted by atomic mass is 9.98. The van der Waals surface area contributed by atoms with Crippen molar-refractivity contribution >= 4 is 24.0 Å². The van der Waals surface area contributed by atoms with Crippen LogP contribution in [0.4, 0.5) is 5.69 Å². The zero-order valence-electron chi connectivity index (χ0n) is 11.8. The lowest BCUT2D eigenvalue weighted by molar-refractivity contribution is -0.132. The van der Waals surface area contributed by atoms with Crippen molar-refractivity contribution in [3.63, 3.8) is 0 Å². The Hall–Kier alpha value is -1.26. The number of piperidine rings is 1. The second-order valence-corrected chi connectivity index (χ2v) is 5.52. The van der Waals surface area contributed by atoms with Crippen molar-refractivity contribution in [1.82, 2.24) is 10.2 Å². The number of halogens is 1. The lowest BCUT2D eigenvalue weighted by Gasteiger charge is -2.32. The number of likely N-dealkylation sites (N-methyl/N-ethyl adjacent to an activating group) is 1. The van der Waals surface area contributed by atoms with E-state index >= 15 is 0 Å². The summed E-state index contributed by atoms with van der Waals surface area (Å²) in [6.07, 6.45) is 2.69. The molecule has 0 spiro atoms. The van der Waals surface area contributed by atoms with E-state index < -0.39 is 0 Å². The van der Waals surface area contributed by atoms with E-state index in [4.69, 9.17) is 0 Å². The summed E-state index contributed by atoms with van der Waals surface area (Å²) in [5.74, 6) is 0.259. The molecular formula is C15H22ClN3O. The van der Waals surface area contributed by atoms with Gasteiger partial charge in [-0.25, -0.2) is 0 Å². The highest BCUT2D eigenvalue weighted by Crippen LogP contribution is 2.25. The first kappa shape index (κ1) is 15.1. The minimum atomic E-state index is 0. The molecule has 1 amide bonds. The third-order valence-electron chi connectivity index (χ3n) is 4.13. The van der Waals surface area contributed by atoms with Gasteiger partial charge in [0.05, 0.1) is 0 Å². The number of hydrogen-bond acceptors (Lipinski definition) is 3. The highest BCUT2D eigenvalue weighted by molar-refractivity contribution is 5.85. The molecule has 0 aliphatic carbocycles. The molecule has 2 N–H and O–H groups in total. The molecule has 1 aromatic rings. The molecule has 0 aromatic heterocycles. The average Bonchev–Trinajstić information content (AvgIpc) is 2.43. The molecule has 110 valence electrons. The van der Waals surface area contributed by atoms with Crippen molar-refractivity contribution in [3.05, 3.63) is 29.3 Å². The van der Waals surface area contributed by atoms with Crippen LogP contribution in [0.5, 0.6) is 0 Å². The summed E-state index contributed by atoms with van der Waals surface area (Å²) in [5.41, 5.74) is 4.08. The van der Waals surface area contributed by atoms with Gasteiger partial charge in [0.1, 0.15) is 0 Å². The first-order valence-corrected chi connectivity index (χ1v) is 7.06. The number of rotatable bonds is 2. The van der Waals surface area contributed by atoms with E-state index in [0.717, 1.165) is 32.5 Å². The molecule has 2 aliphatic heterocycles. The van der Waals surface area contributed by atoms with Crippen LogP contribution in [-0.2, 0) is 17.8 Å². The van der Waals surface area contributed by atoms with Gasteiger partial charge in [-0.1, -0.05) is 12.1 Å². The number of carbonyl (C=O) groups excluding carboxylic acids is 1. The third-order valence-corrected chi connectivity index (χ3v) is 4.13. The van der Waals surface area contributed by atoms with Gasteiger partial charge in [-0.3, -0.25) is 4.79 Å². The molecule has 2 aliphatic rings. The molecular weight excluding hydrogens is 274 g/mol. The van der Waals surface area contributed by atoms with Crippen LogP contribution in [0.25, 0.3) is 0 Å². The molecule has 1 fully saturated rings. The molecule has 1 atom stereocenters. The van der Waals surface area contributed by atoms with E-state index in [9.17, 15) is 4.79 Å². The van der Waals surface area contributed by atoms with E-state index in [-0.39, 0.29) is 18.3 Å². The minimum absolute atomic E-state index is 0. The van der Waals surface area contributed by atoms with Crippen molar-refractivity contribution in [2.24, 2.45) is 0 Å². The van der Waals surface area contributed by atoms with Crippen molar-refractivity contribution in [1.29, 1.82) is 0 Å². The van der Waals surface area contributed by atoms with Crippen LogP contribution in [0.15, 0.2) is 18.2 Å². The maximum Gasteiger partial charge on any atom is 0.222 e. The van der Waals surface area contributed by atoms with E-state index in [1.54, 1.807) is 0 Å². The maximum atomic E-state index is 11.5. The maximum absolute atomic E-state index is 11.5. The Morgan fingerprint density at radius 3 is 3.00 bits per heavy atom. The molecule has 4 nitrogen and oxygen atoms in total. The molecule has 0 bridgehead atoms. The van der Waals surface area contributed by atoms with Gasteiger partial charge in [0, 0.05) is 38.3 Å². The van der Waals surface area contributed by atoms with E-state index in [1.807, 2.05) is 11.9 Å². The zero-order valence-corrected chi connectivity index (χ0v) is 12.6. The van der Waals surface area contributed by atoms with Gasteiger partial charge < -0.3 is 15.5 Å². The number of amides is 1. The van der Waals surface area contributed by atoms with Crippen LogP contribution in [0.1, 0.15) is 24.0 Å². The number of nitrogens with one attached hydrogen (secondary N) is 2. The standard InChI is InChI=1S/C15H21N3O.ClH/c1-18-10-12(5-6-15(18)19)17-14-4-2-3-11-7-8-16-9-13(11)14;/h2-4,12,16-17H,5-10H2,1H3;1H. The quantitative estimate of drug-likeness (QED) is 0.874. The molecule has 5 heteroatoms. The van der Waals surface area contributed by atoms with Crippen molar-refractivity contribution in [2.45, 2.75) is 31.8 Å². The van der Waals surface area contributed by atoms with Crippen LogP contribution in [-0.4, -0.2) is 37.0 Å². The predicted molar refractivity (Wildman–Crippen MR) is 83.4 cm³/mol. The summed E-state index contributed by atoms with van der Waals surface area (Å²) >= 11 is 0. The van der Waals surface area contributed by atoms with Crippen LogP contribution in [0, 0.1) is 0 Å². The number of fused-ring (bicyclic) bond motifs is 1. The smallest absolute Gasteiger partial charge is 0.222 e. The molecule has 0 saturated carbocycles. The second kappa shape index (κ2) is 6.46. The summed E-state index contributed by atoms with van der Waals surface area (Å²) in [4.78, 5) is 13.3. The van der Waals surface area contributed by atoms with Crippen molar-refractivity contribution in [3.8, 4) is 0 Å². The van der Waals surface area contributed by atoms with Gasteiger partial charge in [0.15, 0.2) is 0 Å². The van der Waals surface area contributed by atoms with E-state index in [0.29, 0.717) is 12.5 Å². The Balaban J connectivity index is 0.00000147. The third kappa shape index (κ3) is 3.07. The van der Waals surface area contributed by atoms with Gasteiger partial charge in [0.2, 0.25) is 5.91 Å². The molecule has 3 rings (SSSR count). The number of anilines is 1. The zero-order chi connectivity index (χ0) is 13.2. The van der Waals surface area contributed by atoms with Gasteiger partial charge >= 0.3 is 0 Å². The monoisotopic (exact) mass is 295 g/mol. The number of nitrogens with zero attached hydrogens (tertiary/aromatic N) is 1. The number of benzene rings is 1. The normalized spacial score (nSPS) is 21.9. The molecule has 1 unspecified atom stereocenters. The SMILES string of the molecule is CN1CC(Nc2cccc3c2CNCC3)CCC1=O.Cl. The van der Waals surface area contributed by atoms with Gasteiger partial charge in [-0.2, -0.15) is 0 Å². The van der Waals surface area contributed by atoms with Crippen LogP contribution in [0.3, 0.4) is 0 Å². The van der Waals surface area contributed by atoms with Gasteiger partial charge in [0.25, 0.3) is 0 Å². The van der Waals surface area contributed by atoms with E-state index in [2.05, 4.69) is 28.8 Å². The first-order valence-electron chi connectivity index (χ1n) is 7.06. The Bertz CT molecular complexity index is 492. The van der Waals surface area contributed by atoms with Gasteiger partial charge in [-0.05, 0) is 36.6 Å². The second-order valence-electron chi connectivity index (χ2n) is 5.52. The fourth-order valence-electron chi connectivity index (χ4n) is 3.00. The van der Waals surface area contributed by atoms with E-state index in [1.165, 1.54) is 16.8 Å². The van der Waals surface area contributed by atoms with Crippen LogP contribution < -0.4 is 10.6 Å². The fraction of sp³-hybridized carbons (Fsp3) is 0.533. The Labute approximate surface area is 126 Å². The molecule has 1 aromatic carbocycles. The molecule has 0 radical (unpaired) electrons. The summed E-state index contributed by atoms with van der Waals surface area (Å²) in [6.45, 7) is 2.81. The largest absolute Gasteiger partial charge is 0.380 e.